The maximum absolute atomic E-state index is 13.7. The second-order valence-corrected chi connectivity index (χ2v) is 7.41. The minimum absolute atomic E-state index is 0.0168. The topological polar surface area (TPSA) is 61.4 Å². The van der Waals surface area contributed by atoms with E-state index in [4.69, 9.17) is 11.6 Å². The first-order chi connectivity index (χ1) is 13.5. The molecule has 2 rings (SSSR count). The molecular weight excluding hydrogens is 482 g/mol. The van der Waals surface area contributed by atoms with Crippen LogP contribution in [0.5, 0.6) is 0 Å². The van der Waals surface area contributed by atoms with E-state index >= 15 is 0 Å². The van der Waals surface area contributed by atoms with Crippen molar-refractivity contribution in [3.8, 4) is 0 Å². The highest BCUT2D eigenvalue weighted by Gasteiger charge is 2.33. The van der Waals surface area contributed by atoms with Crippen LogP contribution in [0.2, 0.25) is 5.02 Å². The number of nitrogens with zero attached hydrogens (tertiary/aromatic N) is 1. The molecule has 2 N–H and O–H groups in total. The van der Waals surface area contributed by atoms with Gasteiger partial charge in [-0.15, -0.1) is 0 Å². The molecule has 0 aliphatic rings. The molecule has 29 heavy (non-hydrogen) atoms. The van der Waals surface area contributed by atoms with Crippen molar-refractivity contribution in [2.45, 2.75) is 6.18 Å². The number of rotatable bonds is 6. The first-order valence-electron chi connectivity index (χ1n) is 8.05. The van der Waals surface area contributed by atoms with Crippen molar-refractivity contribution < 1.29 is 27.2 Å². The molecule has 0 unspecified atom stereocenters. The van der Waals surface area contributed by atoms with Gasteiger partial charge in [0.2, 0.25) is 11.8 Å². The van der Waals surface area contributed by atoms with Crippen molar-refractivity contribution in [3.05, 3.63) is 57.3 Å². The van der Waals surface area contributed by atoms with E-state index in [1.165, 1.54) is 30.1 Å². The summed E-state index contributed by atoms with van der Waals surface area (Å²) in [5.74, 6) is -1.82. The fourth-order valence-corrected chi connectivity index (χ4v) is 2.91. The summed E-state index contributed by atoms with van der Waals surface area (Å²) < 4.78 is 52.9. The molecule has 0 aliphatic carbocycles. The van der Waals surface area contributed by atoms with Gasteiger partial charge in [0, 0.05) is 10.2 Å². The maximum Gasteiger partial charge on any atom is 0.417 e. The van der Waals surface area contributed by atoms with Gasteiger partial charge < -0.3 is 10.6 Å². The van der Waals surface area contributed by atoms with Crippen LogP contribution < -0.4 is 10.6 Å². The Morgan fingerprint density at radius 3 is 2.28 bits per heavy atom. The summed E-state index contributed by atoms with van der Waals surface area (Å²) in [5, 5.41) is 4.21. The molecule has 0 bridgehead atoms. The predicted octanol–water partition coefficient (Wildman–Crippen LogP) is 4.77. The maximum atomic E-state index is 13.7. The standard InChI is InChI=1S/C18H15BrClF4N3O2/c1-27(9-17(29)26-15-5-2-10(19)6-14(15)21)8-16(28)25-11-3-4-13(20)12(7-11)18(22,23)24/h2-7H,8-9H2,1H3,(H,25,28)(H,26,29). The van der Waals surface area contributed by atoms with Crippen LogP contribution in [0.25, 0.3) is 0 Å². The Hall–Kier alpha value is -2.17. The zero-order valence-corrected chi connectivity index (χ0v) is 17.3. The van der Waals surface area contributed by atoms with Crippen molar-refractivity contribution in [1.82, 2.24) is 4.90 Å². The van der Waals surface area contributed by atoms with E-state index in [0.717, 1.165) is 12.1 Å². The van der Waals surface area contributed by atoms with Crippen LogP contribution in [0.15, 0.2) is 40.9 Å². The van der Waals surface area contributed by atoms with Crippen molar-refractivity contribution in [2.24, 2.45) is 0 Å². The Labute approximate surface area is 177 Å². The fourth-order valence-electron chi connectivity index (χ4n) is 2.35. The fraction of sp³-hybridized carbons (Fsp3) is 0.222. The number of anilines is 2. The summed E-state index contributed by atoms with van der Waals surface area (Å²) in [5.41, 5.74) is -1.17. The lowest BCUT2D eigenvalue weighted by Gasteiger charge is -2.17. The van der Waals surface area contributed by atoms with Crippen molar-refractivity contribution in [3.63, 3.8) is 0 Å². The molecule has 0 heterocycles. The molecule has 11 heteroatoms. The number of hydrogen-bond donors (Lipinski definition) is 2. The lowest BCUT2D eigenvalue weighted by Crippen LogP contribution is -2.36. The van der Waals surface area contributed by atoms with E-state index in [-0.39, 0.29) is 24.5 Å². The number of carbonyl (C=O) groups excluding carboxylic acids is 2. The molecule has 0 aromatic heterocycles. The first-order valence-corrected chi connectivity index (χ1v) is 9.23. The zero-order chi connectivity index (χ0) is 21.8. The zero-order valence-electron chi connectivity index (χ0n) is 14.9. The summed E-state index contributed by atoms with van der Waals surface area (Å²) in [6.07, 6.45) is -4.66. The molecule has 5 nitrogen and oxygen atoms in total. The average Bonchev–Trinajstić information content (AvgIpc) is 2.57. The average molecular weight is 497 g/mol. The van der Waals surface area contributed by atoms with Gasteiger partial charge in [0.1, 0.15) is 5.82 Å². The molecule has 2 amide bonds. The monoisotopic (exact) mass is 495 g/mol. The quantitative estimate of drug-likeness (QED) is 0.567. The number of likely N-dealkylation sites (N-methyl/N-ethyl adjacent to an activating group) is 1. The number of nitrogens with one attached hydrogen (secondary N) is 2. The second-order valence-electron chi connectivity index (χ2n) is 6.09. The van der Waals surface area contributed by atoms with E-state index in [1.807, 2.05) is 0 Å². The summed E-state index contributed by atoms with van der Waals surface area (Å²) >= 11 is 8.63. The molecule has 0 saturated carbocycles. The van der Waals surface area contributed by atoms with Crippen LogP contribution in [0.4, 0.5) is 28.9 Å². The molecule has 0 fully saturated rings. The third kappa shape index (κ3) is 6.98. The summed E-state index contributed by atoms with van der Waals surface area (Å²) in [4.78, 5) is 25.3. The van der Waals surface area contributed by atoms with Gasteiger partial charge in [-0.25, -0.2) is 4.39 Å². The molecule has 0 atom stereocenters. The summed E-state index contributed by atoms with van der Waals surface area (Å²) in [6.45, 7) is -0.516. The molecular formula is C18H15BrClF4N3O2. The minimum Gasteiger partial charge on any atom is -0.325 e. The number of carbonyl (C=O) groups is 2. The van der Waals surface area contributed by atoms with Crippen LogP contribution in [0, 0.1) is 5.82 Å². The first kappa shape index (κ1) is 23.1. The van der Waals surface area contributed by atoms with Gasteiger partial charge in [0.15, 0.2) is 0 Å². The van der Waals surface area contributed by atoms with Crippen LogP contribution in [0.1, 0.15) is 5.56 Å². The molecule has 156 valence electrons. The Bertz CT molecular complexity index is 924. The molecule has 0 aliphatic heterocycles. The third-order valence-electron chi connectivity index (χ3n) is 3.59. The highest BCUT2D eigenvalue weighted by Crippen LogP contribution is 2.36. The van der Waals surface area contributed by atoms with Crippen LogP contribution in [-0.4, -0.2) is 36.9 Å². The van der Waals surface area contributed by atoms with Crippen molar-refractivity contribution >= 4 is 50.7 Å². The number of halogens is 6. The van der Waals surface area contributed by atoms with E-state index < -0.39 is 34.4 Å². The van der Waals surface area contributed by atoms with Crippen molar-refractivity contribution in [2.75, 3.05) is 30.8 Å². The smallest absolute Gasteiger partial charge is 0.325 e. The Morgan fingerprint density at radius 1 is 1.07 bits per heavy atom. The Morgan fingerprint density at radius 2 is 1.69 bits per heavy atom. The Kier molecular flexibility index (Phi) is 7.61. The van der Waals surface area contributed by atoms with Gasteiger partial charge in [-0.3, -0.25) is 14.5 Å². The summed E-state index contributed by atoms with van der Waals surface area (Å²) in [6, 6.07) is 7.11. The van der Waals surface area contributed by atoms with Gasteiger partial charge in [0.25, 0.3) is 0 Å². The molecule has 2 aromatic rings. The van der Waals surface area contributed by atoms with Crippen LogP contribution in [-0.2, 0) is 15.8 Å². The number of benzene rings is 2. The van der Waals surface area contributed by atoms with Crippen LogP contribution >= 0.6 is 27.5 Å². The lowest BCUT2D eigenvalue weighted by atomic mass is 10.2. The molecule has 2 aromatic carbocycles. The minimum atomic E-state index is -4.66. The predicted molar refractivity (Wildman–Crippen MR) is 105 cm³/mol. The number of hydrogen-bond acceptors (Lipinski definition) is 3. The van der Waals surface area contributed by atoms with Crippen molar-refractivity contribution in [1.29, 1.82) is 0 Å². The molecule has 0 radical (unpaired) electrons. The highest BCUT2D eigenvalue weighted by molar-refractivity contribution is 9.10. The van der Waals surface area contributed by atoms with Gasteiger partial charge in [-0.2, -0.15) is 13.2 Å². The summed E-state index contributed by atoms with van der Waals surface area (Å²) in [7, 11) is 1.46. The SMILES string of the molecule is CN(CC(=O)Nc1ccc(Cl)c(C(F)(F)F)c1)CC(=O)Nc1ccc(Br)cc1F. The van der Waals surface area contributed by atoms with E-state index in [9.17, 15) is 27.2 Å². The highest BCUT2D eigenvalue weighted by atomic mass is 79.9. The van der Waals surface area contributed by atoms with Gasteiger partial charge in [0.05, 0.1) is 29.4 Å². The van der Waals surface area contributed by atoms with Gasteiger partial charge in [-0.05, 0) is 43.4 Å². The van der Waals surface area contributed by atoms with E-state index in [0.29, 0.717) is 4.47 Å². The number of amides is 2. The van der Waals surface area contributed by atoms with E-state index in [1.54, 1.807) is 6.07 Å². The normalized spacial score (nSPS) is 11.4. The van der Waals surface area contributed by atoms with Gasteiger partial charge in [-0.1, -0.05) is 27.5 Å². The number of alkyl halides is 3. The molecule has 0 spiro atoms. The third-order valence-corrected chi connectivity index (χ3v) is 4.41. The largest absolute Gasteiger partial charge is 0.417 e. The second kappa shape index (κ2) is 9.55. The van der Waals surface area contributed by atoms with Crippen LogP contribution in [0.3, 0.4) is 0 Å². The molecule has 0 saturated heterocycles. The Balaban J connectivity index is 1.91. The lowest BCUT2D eigenvalue weighted by molar-refractivity contribution is -0.137. The van der Waals surface area contributed by atoms with Gasteiger partial charge >= 0.3 is 6.18 Å². The van der Waals surface area contributed by atoms with E-state index in [2.05, 4.69) is 26.6 Å².